The highest BCUT2D eigenvalue weighted by Gasteiger charge is 2.10. The first kappa shape index (κ1) is 22.7. The fourth-order valence-corrected chi connectivity index (χ4v) is 3.27. The van der Waals surface area contributed by atoms with E-state index in [0.29, 0.717) is 31.2 Å². The van der Waals surface area contributed by atoms with Gasteiger partial charge in [0.15, 0.2) is 0 Å². The highest BCUT2D eigenvalue weighted by Crippen LogP contribution is 2.21. The number of halogens is 1. The maximum Gasteiger partial charge on any atom is 0.268 e. The number of amides is 1. The summed E-state index contributed by atoms with van der Waals surface area (Å²) >= 11 is 5.87. The van der Waals surface area contributed by atoms with Crippen LogP contribution in [0.5, 0.6) is 11.5 Å². The molecule has 0 fully saturated rings. The van der Waals surface area contributed by atoms with E-state index in [1.165, 1.54) is 6.33 Å². The average molecular weight is 444 g/mol. The van der Waals surface area contributed by atoms with Gasteiger partial charge >= 0.3 is 0 Å². The van der Waals surface area contributed by atoms with E-state index >= 15 is 0 Å². The Hall–Kier alpha value is -3.03. The highest BCUT2D eigenvalue weighted by atomic mass is 35.5. The predicted octanol–water partition coefficient (Wildman–Crippen LogP) is 3.48. The molecular formula is C23H26ClN3O4. The Labute approximate surface area is 186 Å². The largest absolute Gasteiger partial charge is 0.490 e. The number of aliphatic hydroxyl groups is 1. The minimum Gasteiger partial charge on any atom is -0.490 e. The van der Waals surface area contributed by atoms with Crippen LogP contribution >= 0.6 is 11.6 Å². The predicted molar refractivity (Wildman–Crippen MR) is 119 cm³/mol. The SMILES string of the molecule is NC(=O)c1cn(CC(O)CCCc2ccccc2OCCOc2ccc(Cl)cc2)cn1. The number of rotatable bonds is 12. The minimum absolute atomic E-state index is 0.193. The maximum absolute atomic E-state index is 11.1. The summed E-state index contributed by atoms with van der Waals surface area (Å²) in [4.78, 5) is 15.0. The lowest BCUT2D eigenvalue weighted by Gasteiger charge is -2.14. The summed E-state index contributed by atoms with van der Waals surface area (Å²) in [6.45, 7) is 1.21. The van der Waals surface area contributed by atoms with Crippen LogP contribution in [-0.4, -0.2) is 39.9 Å². The number of aromatic nitrogens is 2. The van der Waals surface area contributed by atoms with E-state index in [0.717, 1.165) is 29.9 Å². The molecule has 1 unspecified atom stereocenters. The van der Waals surface area contributed by atoms with Gasteiger partial charge < -0.3 is 24.9 Å². The zero-order valence-corrected chi connectivity index (χ0v) is 17.9. The number of primary amides is 1. The van der Waals surface area contributed by atoms with Crippen molar-refractivity contribution >= 4 is 17.5 Å². The molecule has 1 atom stereocenters. The normalized spacial score (nSPS) is 11.8. The van der Waals surface area contributed by atoms with E-state index < -0.39 is 12.0 Å². The second-order valence-corrected chi connectivity index (χ2v) is 7.56. The molecule has 0 radical (unpaired) electrons. The van der Waals surface area contributed by atoms with Gasteiger partial charge in [0.2, 0.25) is 0 Å². The molecule has 2 aromatic carbocycles. The van der Waals surface area contributed by atoms with Gasteiger partial charge in [-0.2, -0.15) is 0 Å². The Balaban J connectivity index is 1.41. The minimum atomic E-state index is -0.580. The van der Waals surface area contributed by atoms with E-state index in [1.54, 1.807) is 22.9 Å². The van der Waals surface area contributed by atoms with Gasteiger partial charge in [0, 0.05) is 17.8 Å². The van der Waals surface area contributed by atoms with Crippen molar-refractivity contribution in [2.45, 2.75) is 31.9 Å². The van der Waals surface area contributed by atoms with Crippen LogP contribution in [0.25, 0.3) is 0 Å². The third-order valence-electron chi connectivity index (χ3n) is 4.69. The number of aliphatic hydroxyl groups excluding tert-OH is 1. The Morgan fingerprint density at radius 1 is 1.13 bits per heavy atom. The van der Waals surface area contributed by atoms with Gasteiger partial charge in [0.25, 0.3) is 5.91 Å². The summed E-state index contributed by atoms with van der Waals surface area (Å²) < 4.78 is 13.2. The van der Waals surface area contributed by atoms with Crippen molar-refractivity contribution in [3.8, 4) is 11.5 Å². The molecule has 1 aromatic heterocycles. The van der Waals surface area contributed by atoms with Crippen LogP contribution in [0.4, 0.5) is 0 Å². The van der Waals surface area contributed by atoms with Gasteiger partial charge in [-0.05, 0) is 55.2 Å². The number of nitrogens with zero attached hydrogens (tertiary/aromatic N) is 2. The number of aryl methyl sites for hydroxylation is 1. The molecule has 3 N–H and O–H groups in total. The molecule has 3 rings (SSSR count). The Kier molecular flexibility index (Phi) is 8.32. The number of ether oxygens (including phenoxy) is 2. The number of nitrogens with two attached hydrogens (primary N) is 1. The molecule has 1 amide bonds. The molecule has 31 heavy (non-hydrogen) atoms. The summed E-state index contributed by atoms with van der Waals surface area (Å²) in [5.41, 5.74) is 6.47. The number of benzene rings is 2. The molecule has 164 valence electrons. The van der Waals surface area contributed by atoms with E-state index in [2.05, 4.69) is 4.98 Å². The second kappa shape index (κ2) is 11.4. The zero-order chi connectivity index (χ0) is 22.1. The first-order valence-electron chi connectivity index (χ1n) is 10.1. The van der Waals surface area contributed by atoms with Crippen molar-refractivity contribution in [1.82, 2.24) is 9.55 Å². The van der Waals surface area contributed by atoms with Crippen molar-refractivity contribution in [3.05, 3.63) is 77.3 Å². The Bertz CT molecular complexity index is 975. The van der Waals surface area contributed by atoms with Crippen LogP contribution in [0.15, 0.2) is 61.1 Å². The second-order valence-electron chi connectivity index (χ2n) is 7.12. The highest BCUT2D eigenvalue weighted by molar-refractivity contribution is 6.30. The van der Waals surface area contributed by atoms with E-state index in [4.69, 9.17) is 26.8 Å². The van der Waals surface area contributed by atoms with Crippen LogP contribution in [0.3, 0.4) is 0 Å². The Morgan fingerprint density at radius 2 is 1.87 bits per heavy atom. The summed E-state index contributed by atoms with van der Waals surface area (Å²) in [5.74, 6) is 0.983. The fraction of sp³-hybridized carbons (Fsp3) is 0.304. The van der Waals surface area contributed by atoms with Crippen molar-refractivity contribution in [1.29, 1.82) is 0 Å². The van der Waals surface area contributed by atoms with Gasteiger partial charge in [0.1, 0.15) is 30.4 Å². The lowest BCUT2D eigenvalue weighted by molar-refractivity contribution is 0.0995. The van der Waals surface area contributed by atoms with Crippen LogP contribution in [0.2, 0.25) is 5.02 Å². The molecule has 0 saturated carbocycles. The molecular weight excluding hydrogens is 418 g/mol. The molecule has 0 aliphatic carbocycles. The number of hydrogen-bond acceptors (Lipinski definition) is 5. The lowest BCUT2D eigenvalue weighted by Crippen LogP contribution is -2.16. The van der Waals surface area contributed by atoms with Gasteiger partial charge in [0.05, 0.1) is 12.4 Å². The average Bonchev–Trinajstić information content (AvgIpc) is 3.22. The van der Waals surface area contributed by atoms with Crippen LogP contribution < -0.4 is 15.2 Å². The third kappa shape index (κ3) is 7.31. The standard InChI is InChI=1S/C23H26ClN3O4/c24-18-8-10-20(11-9-18)30-12-13-31-22-7-2-1-4-17(22)5-3-6-19(28)14-27-15-21(23(25)29)26-16-27/h1-2,4,7-11,15-16,19,28H,3,5-6,12-14H2,(H2,25,29). The van der Waals surface area contributed by atoms with Crippen molar-refractivity contribution in [2.24, 2.45) is 5.73 Å². The number of imidazole rings is 1. The number of para-hydroxylation sites is 1. The quantitative estimate of drug-likeness (QED) is 0.417. The summed E-state index contributed by atoms with van der Waals surface area (Å²) in [7, 11) is 0. The fourth-order valence-electron chi connectivity index (χ4n) is 3.14. The smallest absolute Gasteiger partial charge is 0.268 e. The van der Waals surface area contributed by atoms with E-state index in [-0.39, 0.29) is 5.69 Å². The molecule has 0 aliphatic heterocycles. The number of carbonyl (C=O) groups is 1. The molecule has 0 saturated heterocycles. The van der Waals surface area contributed by atoms with Crippen molar-refractivity contribution < 1.29 is 19.4 Å². The number of carbonyl (C=O) groups excluding carboxylic acids is 1. The van der Waals surface area contributed by atoms with Gasteiger partial charge in [-0.3, -0.25) is 4.79 Å². The van der Waals surface area contributed by atoms with Crippen LogP contribution in [0.1, 0.15) is 28.9 Å². The van der Waals surface area contributed by atoms with Gasteiger partial charge in [-0.15, -0.1) is 0 Å². The molecule has 8 heteroatoms. The molecule has 0 aliphatic rings. The van der Waals surface area contributed by atoms with E-state index in [9.17, 15) is 9.90 Å². The monoisotopic (exact) mass is 443 g/mol. The maximum atomic E-state index is 11.1. The van der Waals surface area contributed by atoms with Gasteiger partial charge in [-0.1, -0.05) is 29.8 Å². The molecule has 7 nitrogen and oxygen atoms in total. The van der Waals surface area contributed by atoms with Crippen molar-refractivity contribution in [3.63, 3.8) is 0 Å². The molecule has 0 spiro atoms. The molecule has 0 bridgehead atoms. The summed E-state index contributed by atoms with van der Waals surface area (Å²) in [6.07, 6.45) is 4.68. The summed E-state index contributed by atoms with van der Waals surface area (Å²) in [5, 5.41) is 10.9. The number of hydrogen-bond donors (Lipinski definition) is 2. The third-order valence-corrected chi connectivity index (χ3v) is 4.94. The topological polar surface area (TPSA) is 99.6 Å². The van der Waals surface area contributed by atoms with Gasteiger partial charge in [-0.25, -0.2) is 4.98 Å². The lowest BCUT2D eigenvalue weighted by atomic mass is 10.0. The molecule has 3 aromatic rings. The van der Waals surface area contributed by atoms with Crippen LogP contribution in [-0.2, 0) is 13.0 Å². The van der Waals surface area contributed by atoms with E-state index in [1.807, 2.05) is 36.4 Å². The first-order valence-corrected chi connectivity index (χ1v) is 10.5. The zero-order valence-electron chi connectivity index (χ0n) is 17.1. The summed E-state index contributed by atoms with van der Waals surface area (Å²) in [6, 6.07) is 15.1. The molecule has 1 heterocycles. The van der Waals surface area contributed by atoms with Crippen molar-refractivity contribution in [2.75, 3.05) is 13.2 Å². The first-order chi connectivity index (χ1) is 15.0. The Morgan fingerprint density at radius 3 is 2.61 bits per heavy atom. The van der Waals surface area contributed by atoms with Crippen LogP contribution in [0, 0.1) is 0 Å².